The molecule has 0 saturated carbocycles. The third-order valence-electron chi connectivity index (χ3n) is 4.58. The first-order chi connectivity index (χ1) is 9.38. The van der Waals surface area contributed by atoms with Crippen LogP contribution in [0.3, 0.4) is 0 Å². The van der Waals surface area contributed by atoms with Crippen LogP contribution in [-0.4, -0.2) is 24.5 Å². The van der Waals surface area contributed by atoms with E-state index in [-0.39, 0.29) is 11.5 Å². The van der Waals surface area contributed by atoms with E-state index in [4.69, 9.17) is 5.73 Å². The van der Waals surface area contributed by atoms with Gasteiger partial charge in [-0.05, 0) is 29.2 Å². The van der Waals surface area contributed by atoms with E-state index in [0.29, 0.717) is 0 Å². The van der Waals surface area contributed by atoms with Gasteiger partial charge in [0.2, 0.25) is 0 Å². The number of piperidine rings is 1. The fourth-order valence-corrected chi connectivity index (χ4v) is 3.71. The summed E-state index contributed by atoms with van der Waals surface area (Å²) in [6.45, 7) is 12.9. The number of rotatable bonds is 4. The molecule has 1 fully saturated rings. The second kappa shape index (κ2) is 6.28. The van der Waals surface area contributed by atoms with E-state index in [1.807, 2.05) is 0 Å². The first-order valence-electron chi connectivity index (χ1n) is 7.91. The van der Waals surface area contributed by atoms with Gasteiger partial charge in [-0.25, -0.2) is 0 Å². The van der Waals surface area contributed by atoms with Crippen molar-refractivity contribution in [3.8, 4) is 0 Å². The zero-order valence-corrected chi connectivity index (χ0v) is 13.5. The number of benzene rings is 1. The molecule has 3 unspecified atom stereocenters. The summed E-state index contributed by atoms with van der Waals surface area (Å²) in [6, 6.07) is 10.6. The molecule has 1 heterocycles. The molecular formula is C18H30N2. The fraction of sp³-hybridized carbons (Fsp3) is 0.667. The van der Waals surface area contributed by atoms with Crippen LogP contribution in [0.15, 0.2) is 30.3 Å². The Kier molecular flexibility index (Phi) is 4.87. The molecule has 1 aromatic carbocycles. The average Bonchev–Trinajstić information content (AvgIpc) is 2.37. The molecule has 20 heavy (non-hydrogen) atoms. The molecule has 2 rings (SSSR count). The first-order valence-corrected chi connectivity index (χ1v) is 7.91. The smallest absolute Gasteiger partial charge is 0.0359 e. The highest BCUT2D eigenvalue weighted by atomic mass is 15.1. The van der Waals surface area contributed by atoms with Gasteiger partial charge in [0.25, 0.3) is 0 Å². The zero-order chi connectivity index (χ0) is 14.8. The molecule has 0 spiro atoms. The maximum Gasteiger partial charge on any atom is 0.0359 e. The van der Waals surface area contributed by atoms with Gasteiger partial charge in [0.1, 0.15) is 0 Å². The Morgan fingerprint density at radius 2 is 1.70 bits per heavy atom. The van der Waals surface area contributed by atoms with Crippen molar-refractivity contribution in [1.82, 2.24) is 4.90 Å². The summed E-state index contributed by atoms with van der Waals surface area (Å²) in [5.74, 6) is 1.62. The van der Waals surface area contributed by atoms with Crippen molar-refractivity contribution in [2.75, 3.05) is 19.6 Å². The van der Waals surface area contributed by atoms with E-state index >= 15 is 0 Å². The predicted molar refractivity (Wildman–Crippen MR) is 86.5 cm³/mol. The molecule has 0 amide bonds. The Labute approximate surface area is 124 Å². The standard InChI is InChI=1S/C18H30N2/c1-14-10-15(2)12-20(11-14)13-18(3,4)17(19)16-8-6-5-7-9-16/h5-9,14-15,17H,10-13,19H2,1-4H3. The van der Waals surface area contributed by atoms with E-state index < -0.39 is 0 Å². The molecule has 1 aliphatic rings. The lowest BCUT2D eigenvalue weighted by Gasteiger charge is -2.42. The molecule has 2 nitrogen and oxygen atoms in total. The van der Waals surface area contributed by atoms with Crippen LogP contribution in [0.1, 0.15) is 45.7 Å². The highest BCUT2D eigenvalue weighted by molar-refractivity contribution is 5.20. The molecule has 0 bridgehead atoms. The summed E-state index contributed by atoms with van der Waals surface area (Å²) in [4.78, 5) is 2.61. The van der Waals surface area contributed by atoms with Crippen LogP contribution in [0.2, 0.25) is 0 Å². The molecular weight excluding hydrogens is 244 g/mol. The second-order valence-electron chi connectivity index (χ2n) is 7.52. The third-order valence-corrected chi connectivity index (χ3v) is 4.58. The average molecular weight is 274 g/mol. The van der Waals surface area contributed by atoms with Crippen molar-refractivity contribution >= 4 is 0 Å². The van der Waals surface area contributed by atoms with Crippen LogP contribution in [0.5, 0.6) is 0 Å². The van der Waals surface area contributed by atoms with Crippen LogP contribution >= 0.6 is 0 Å². The number of hydrogen-bond donors (Lipinski definition) is 1. The van der Waals surface area contributed by atoms with E-state index in [0.717, 1.165) is 18.4 Å². The maximum absolute atomic E-state index is 6.53. The van der Waals surface area contributed by atoms with Crippen LogP contribution in [0.4, 0.5) is 0 Å². The summed E-state index contributed by atoms with van der Waals surface area (Å²) in [7, 11) is 0. The highest BCUT2D eigenvalue weighted by Crippen LogP contribution is 2.33. The number of nitrogens with zero attached hydrogens (tertiary/aromatic N) is 1. The van der Waals surface area contributed by atoms with Gasteiger partial charge in [0.15, 0.2) is 0 Å². The third kappa shape index (κ3) is 3.83. The van der Waals surface area contributed by atoms with Crippen LogP contribution in [0, 0.1) is 17.3 Å². The maximum atomic E-state index is 6.53. The fourth-order valence-electron chi connectivity index (χ4n) is 3.71. The lowest BCUT2D eigenvalue weighted by molar-refractivity contribution is 0.0849. The molecule has 2 heteroatoms. The minimum atomic E-state index is 0.0937. The van der Waals surface area contributed by atoms with Crippen molar-refractivity contribution in [3.05, 3.63) is 35.9 Å². The SMILES string of the molecule is CC1CC(C)CN(CC(C)(C)C(N)c2ccccc2)C1. The van der Waals surface area contributed by atoms with Gasteiger partial charge in [-0.2, -0.15) is 0 Å². The minimum absolute atomic E-state index is 0.0937. The van der Waals surface area contributed by atoms with Gasteiger partial charge in [-0.1, -0.05) is 58.0 Å². The number of hydrogen-bond acceptors (Lipinski definition) is 2. The molecule has 0 aromatic heterocycles. The molecule has 0 aliphatic carbocycles. The second-order valence-corrected chi connectivity index (χ2v) is 7.52. The Balaban J connectivity index is 2.03. The molecule has 2 N–H and O–H groups in total. The Morgan fingerprint density at radius 1 is 1.15 bits per heavy atom. The molecule has 112 valence electrons. The van der Waals surface area contributed by atoms with Crippen LogP contribution < -0.4 is 5.73 Å². The zero-order valence-electron chi connectivity index (χ0n) is 13.5. The Bertz CT molecular complexity index is 403. The van der Waals surface area contributed by atoms with Crippen molar-refractivity contribution in [3.63, 3.8) is 0 Å². The van der Waals surface area contributed by atoms with E-state index in [1.165, 1.54) is 25.1 Å². The summed E-state index contributed by atoms with van der Waals surface area (Å²) >= 11 is 0. The molecule has 1 saturated heterocycles. The van der Waals surface area contributed by atoms with Crippen molar-refractivity contribution in [2.45, 2.75) is 40.2 Å². The lowest BCUT2D eigenvalue weighted by Crippen LogP contribution is -2.46. The van der Waals surface area contributed by atoms with Crippen molar-refractivity contribution in [2.24, 2.45) is 23.0 Å². The molecule has 3 atom stereocenters. The normalized spacial score (nSPS) is 26.4. The lowest BCUT2D eigenvalue weighted by atomic mass is 9.79. The first kappa shape index (κ1) is 15.5. The molecule has 1 aliphatic heterocycles. The Morgan fingerprint density at radius 3 is 2.25 bits per heavy atom. The summed E-state index contributed by atoms with van der Waals surface area (Å²) in [5.41, 5.74) is 7.87. The topological polar surface area (TPSA) is 29.3 Å². The summed E-state index contributed by atoms with van der Waals surface area (Å²) < 4.78 is 0. The van der Waals surface area contributed by atoms with Gasteiger partial charge in [0.05, 0.1) is 0 Å². The van der Waals surface area contributed by atoms with Gasteiger partial charge < -0.3 is 10.6 Å². The quantitative estimate of drug-likeness (QED) is 0.907. The molecule has 1 aromatic rings. The predicted octanol–water partition coefficient (Wildman–Crippen LogP) is 3.69. The van der Waals surface area contributed by atoms with E-state index in [2.05, 4.69) is 62.9 Å². The van der Waals surface area contributed by atoms with Gasteiger partial charge >= 0.3 is 0 Å². The largest absolute Gasteiger partial charge is 0.323 e. The van der Waals surface area contributed by atoms with Gasteiger partial charge in [-0.3, -0.25) is 0 Å². The van der Waals surface area contributed by atoms with Crippen LogP contribution in [-0.2, 0) is 0 Å². The van der Waals surface area contributed by atoms with Crippen molar-refractivity contribution < 1.29 is 0 Å². The molecule has 0 radical (unpaired) electrons. The highest BCUT2D eigenvalue weighted by Gasteiger charge is 2.32. The van der Waals surface area contributed by atoms with Gasteiger partial charge in [-0.15, -0.1) is 0 Å². The van der Waals surface area contributed by atoms with E-state index in [9.17, 15) is 0 Å². The summed E-state index contributed by atoms with van der Waals surface area (Å²) in [6.07, 6.45) is 1.36. The van der Waals surface area contributed by atoms with Gasteiger partial charge in [0, 0.05) is 25.7 Å². The minimum Gasteiger partial charge on any atom is -0.323 e. The Hall–Kier alpha value is -0.860. The van der Waals surface area contributed by atoms with E-state index in [1.54, 1.807) is 0 Å². The number of likely N-dealkylation sites (tertiary alicyclic amines) is 1. The van der Waals surface area contributed by atoms with Crippen LogP contribution in [0.25, 0.3) is 0 Å². The monoisotopic (exact) mass is 274 g/mol. The van der Waals surface area contributed by atoms with Crippen molar-refractivity contribution in [1.29, 1.82) is 0 Å². The summed E-state index contributed by atoms with van der Waals surface area (Å²) in [5, 5.41) is 0. The number of nitrogens with two attached hydrogens (primary N) is 1.